The smallest absolute Gasteiger partial charge is 0.242 e. The molecule has 1 saturated heterocycles. The number of thiazole rings is 1. The molecule has 2 atom stereocenters. The van der Waals surface area contributed by atoms with Gasteiger partial charge in [-0.25, -0.2) is 4.98 Å². The lowest BCUT2D eigenvalue weighted by molar-refractivity contribution is -0.124. The molecule has 0 bridgehead atoms. The minimum absolute atomic E-state index is 0.0769. The molecule has 7 nitrogen and oxygen atoms in total. The molecule has 23 heavy (non-hydrogen) atoms. The van der Waals surface area contributed by atoms with Crippen LogP contribution in [0.3, 0.4) is 0 Å². The maximum atomic E-state index is 12.4. The van der Waals surface area contributed by atoms with E-state index < -0.39 is 0 Å². The Kier molecular flexibility index (Phi) is 4.74. The van der Waals surface area contributed by atoms with Crippen molar-refractivity contribution >= 4 is 23.1 Å². The zero-order valence-electron chi connectivity index (χ0n) is 13.4. The monoisotopic (exact) mass is 336 g/mol. The molecule has 0 radical (unpaired) electrons. The van der Waals surface area contributed by atoms with Gasteiger partial charge in [0.2, 0.25) is 5.91 Å². The third-order valence-electron chi connectivity index (χ3n) is 3.82. The van der Waals surface area contributed by atoms with Gasteiger partial charge in [0.1, 0.15) is 16.9 Å². The minimum Gasteiger partial charge on any atom is -0.368 e. The topological polar surface area (TPSA) is 80.5 Å². The molecule has 0 aromatic carbocycles. The lowest BCUT2D eigenvalue weighted by Gasteiger charge is -2.35. The second-order valence-corrected chi connectivity index (χ2v) is 6.56. The van der Waals surface area contributed by atoms with Gasteiger partial charge in [-0.3, -0.25) is 9.69 Å². The van der Waals surface area contributed by atoms with E-state index in [1.54, 1.807) is 24.3 Å². The maximum absolute atomic E-state index is 12.4. The lowest BCUT2D eigenvalue weighted by atomic mass is 10.2. The predicted molar refractivity (Wildman–Crippen MR) is 86.4 cm³/mol. The van der Waals surface area contributed by atoms with E-state index in [2.05, 4.69) is 20.4 Å². The van der Waals surface area contributed by atoms with E-state index in [0.717, 1.165) is 10.7 Å². The third-order valence-corrected chi connectivity index (χ3v) is 4.87. The van der Waals surface area contributed by atoms with Crippen molar-refractivity contribution in [2.75, 3.05) is 25.0 Å². The molecule has 1 N–H and O–H groups in total. The Morgan fingerprint density at radius 1 is 1.52 bits per heavy atom. The standard InChI is InChI=1S/C15H20N4O3S/c1-9-8-23-15(16-9)12-7-19(4-5-21-12)11(3)14(20)17-13-6-10(2)22-18-13/h6,8,11-12H,4-5,7H2,1-3H3,(H,17,18,20). The van der Waals surface area contributed by atoms with E-state index >= 15 is 0 Å². The van der Waals surface area contributed by atoms with Crippen molar-refractivity contribution in [2.24, 2.45) is 0 Å². The van der Waals surface area contributed by atoms with Gasteiger partial charge in [-0.15, -0.1) is 11.3 Å². The van der Waals surface area contributed by atoms with E-state index in [-0.39, 0.29) is 18.1 Å². The third kappa shape index (κ3) is 3.77. The van der Waals surface area contributed by atoms with Crippen molar-refractivity contribution < 1.29 is 14.1 Å². The van der Waals surface area contributed by atoms with Crippen LogP contribution < -0.4 is 5.32 Å². The SMILES string of the molecule is Cc1csc(C2CN(C(C)C(=O)Nc3cc(C)on3)CCO2)n1. The van der Waals surface area contributed by atoms with Crippen LogP contribution in [0.4, 0.5) is 5.82 Å². The van der Waals surface area contributed by atoms with Crippen molar-refractivity contribution in [2.45, 2.75) is 32.9 Å². The van der Waals surface area contributed by atoms with Gasteiger partial charge in [-0.2, -0.15) is 0 Å². The van der Waals surface area contributed by atoms with Crippen LogP contribution in [0.15, 0.2) is 16.0 Å². The highest BCUT2D eigenvalue weighted by atomic mass is 32.1. The lowest BCUT2D eigenvalue weighted by Crippen LogP contribution is -2.48. The first kappa shape index (κ1) is 16.1. The van der Waals surface area contributed by atoms with Gasteiger partial charge >= 0.3 is 0 Å². The number of aryl methyl sites for hydroxylation is 2. The Morgan fingerprint density at radius 2 is 2.35 bits per heavy atom. The second kappa shape index (κ2) is 6.77. The summed E-state index contributed by atoms with van der Waals surface area (Å²) in [6.45, 7) is 7.60. The van der Waals surface area contributed by atoms with Crippen LogP contribution in [0.2, 0.25) is 0 Å². The number of aromatic nitrogens is 2. The molecule has 2 aromatic rings. The molecule has 1 aliphatic heterocycles. The van der Waals surface area contributed by atoms with Crippen LogP contribution in [0.25, 0.3) is 0 Å². The highest BCUT2D eigenvalue weighted by Gasteiger charge is 2.30. The Hall–Kier alpha value is -1.77. The van der Waals surface area contributed by atoms with Crippen molar-refractivity contribution in [3.63, 3.8) is 0 Å². The minimum atomic E-state index is -0.278. The number of amides is 1. The van der Waals surface area contributed by atoms with Crippen molar-refractivity contribution in [1.82, 2.24) is 15.0 Å². The molecule has 3 heterocycles. The number of nitrogens with one attached hydrogen (secondary N) is 1. The molecule has 0 aliphatic carbocycles. The Morgan fingerprint density at radius 3 is 3.00 bits per heavy atom. The van der Waals surface area contributed by atoms with Crippen LogP contribution in [-0.2, 0) is 9.53 Å². The van der Waals surface area contributed by atoms with Crippen LogP contribution in [-0.4, -0.2) is 46.7 Å². The second-order valence-electron chi connectivity index (χ2n) is 5.67. The van der Waals surface area contributed by atoms with Crippen LogP contribution in [0.1, 0.15) is 29.5 Å². The molecular weight excluding hydrogens is 316 g/mol. The predicted octanol–water partition coefficient (Wildman–Crippen LogP) is 2.15. The van der Waals surface area contributed by atoms with E-state index in [4.69, 9.17) is 9.26 Å². The van der Waals surface area contributed by atoms with Crippen LogP contribution in [0.5, 0.6) is 0 Å². The Bertz CT molecular complexity index is 684. The molecule has 3 rings (SSSR count). The first-order chi connectivity index (χ1) is 11.0. The Labute approximate surface area is 138 Å². The summed E-state index contributed by atoms with van der Waals surface area (Å²) in [5.41, 5.74) is 0.998. The fourth-order valence-corrected chi connectivity index (χ4v) is 3.35. The number of ether oxygens (including phenoxy) is 1. The van der Waals surface area contributed by atoms with Gasteiger partial charge in [-0.1, -0.05) is 5.16 Å². The average molecular weight is 336 g/mol. The van der Waals surface area contributed by atoms with E-state index in [1.807, 2.05) is 19.2 Å². The fourth-order valence-electron chi connectivity index (χ4n) is 2.51. The molecule has 0 spiro atoms. The van der Waals surface area contributed by atoms with Crippen LogP contribution in [0, 0.1) is 13.8 Å². The number of hydrogen-bond acceptors (Lipinski definition) is 7. The molecular formula is C15H20N4O3S. The zero-order chi connectivity index (χ0) is 16.4. The Balaban J connectivity index is 1.62. The number of rotatable bonds is 4. The van der Waals surface area contributed by atoms with E-state index in [0.29, 0.717) is 31.3 Å². The first-order valence-electron chi connectivity index (χ1n) is 7.55. The summed E-state index contributed by atoms with van der Waals surface area (Å²) in [5.74, 6) is 1.01. The number of anilines is 1. The quantitative estimate of drug-likeness (QED) is 0.921. The van der Waals surface area contributed by atoms with Gasteiger partial charge in [0.25, 0.3) is 0 Å². The largest absolute Gasteiger partial charge is 0.368 e. The number of nitrogens with zero attached hydrogens (tertiary/aromatic N) is 3. The number of carbonyl (C=O) groups is 1. The normalized spacial score (nSPS) is 20.4. The number of hydrogen-bond donors (Lipinski definition) is 1. The van der Waals surface area contributed by atoms with Gasteiger partial charge in [0.05, 0.1) is 12.6 Å². The first-order valence-corrected chi connectivity index (χ1v) is 8.43. The molecule has 1 amide bonds. The summed E-state index contributed by atoms with van der Waals surface area (Å²) < 4.78 is 10.8. The van der Waals surface area contributed by atoms with Crippen molar-refractivity contribution in [3.8, 4) is 0 Å². The maximum Gasteiger partial charge on any atom is 0.242 e. The average Bonchev–Trinajstić information content (AvgIpc) is 3.15. The summed E-state index contributed by atoms with van der Waals surface area (Å²) in [7, 11) is 0. The van der Waals surface area contributed by atoms with Crippen molar-refractivity contribution in [1.29, 1.82) is 0 Å². The molecule has 8 heteroatoms. The van der Waals surface area contributed by atoms with Gasteiger partial charge in [-0.05, 0) is 20.8 Å². The van der Waals surface area contributed by atoms with Gasteiger partial charge in [0, 0.05) is 30.2 Å². The molecule has 2 aromatic heterocycles. The number of morpholine rings is 1. The van der Waals surface area contributed by atoms with Crippen molar-refractivity contribution in [3.05, 3.63) is 27.9 Å². The molecule has 0 saturated carbocycles. The molecule has 2 unspecified atom stereocenters. The van der Waals surface area contributed by atoms with Crippen LogP contribution >= 0.6 is 11.3 Å². The fraction of sp³-hybridized carbons (Fsp3) is 0.533. The summed E-state index contributed by atoms with van der Waals surface area (Å²) >= 11 is 1.60. The summed E-state index contributed by atoms with van der Waals surface area (Å²) in [6, 6.07) is 1.42. The molecule has 1 aliphatic rings. The molecule has 1 fully saturated rings. The van der Waals surface area contributed by atoms with Gasteiger partial charge < -0.3 is 14.6 Å². The van der Waals surface area contributed by atoms with E-state index in [9.17, 15) is 4.79 Å². The highest BCUT2D eigenvalue weighted by molar-refractivity contribution is 7.09. The zero-order valence-corrected chi connectivity index (χ0v) is 14.2. The highest BCUT2D eigenvalue weighted by Crippen LogP contribution is 2.26. The summed E-state index contributed by atoms with van der Waals surface area (Å²) in [6.07, 6.45) is -0.0769. The summed E-state index contributed by atoms with van der Waals surface area (Å²) in [4.78, 5) is 19.0. The number of carbonyl (C=O) groups excluding carboxylic acids is 1. The van der Waals surface area contributed by atoms with Gasteiger partial charge in [0.15, 0.2) is 5.82 Å². The molecule has 124 valence electrons. The summed E-state index contributed by atoms with van der Waals surface area (Å²) in [5, 5.41) is 9.55. The van der Waals surface area contributed by atoms with E-state index in [1.165, 1.54) is 0 Å².